The van der Waals surface area contributed by atoms with E-state index < -0.39 is 0 Å². The summed E-state index contributed by atoms with van der Waals surface area (Å²) in [4.78, 5) is 12.9. The highest BCUT2D eigenvalue weighted by Gasteiger charge is 2.14. The highest BCUT2D eigenvalue weighted by molar-refractivity contribution is 6.31. The zero-order valence-electron chi connectivity index (χ0n) is 17.7. The van der Waals surface area contributed by atoms with E-state index in [0.717, 1.165) is 22.1 Å². The zero-order chi connectivity index (χ0) is 22.5. The second-order valence-electron chi connectivity index (χ2n) is 7.12. The summed E-state index contributed by atoms with van der Waals surface area (Å²) in [7, 11) is 3.12. The van der Waals surface area contributed by atoms with Crippen molar-refractivity contribution in [2.75, 3.05) is 19.5 Å². The van der Waals surface area contributed by atoms with Crippen molar-refractivity contribution in [3.05, 3.63) is 95.0 Å². The molecule has 0 aliphatic heterocycles. The smallest absolute Gasteiger partial charge is 0.255 e. The number of carbonyl (C=O) groups is 1. The molecule has 32 heavy (non-hydrogen) atoms. The maximum atomic E-state index is 12.9. The van der Waals surface area contributed by atoms with Gasteiger partial charge in [-0.05, 0) is 59.3 Å². The minimum absolute atomic E-state index is 0.253. The van der Waals surface area contributed by atoms with Gasteiger partial charge < -0.3 is 19.5 Å². The average molecular weight is 448 g/mol. The third kappa shape index (κ3) is 4.79. The van der Waals surface area contributed by atoms with Gasteiger partial charge in [0, 0.05) is 16.1 Å². The number of fused-ring (bicyclic) bond motifs is 1. The molecule has 0 fully saturated rings. The number of hydrogen-bond acceptors (Lipinski definition) is 4. The Morgan fingerprint density at radius 2 is 1.59 bits per heavy atom. The summed E-state index contributed by atoms with van der Waals surface area (Å²) in [6.45, 7) is 0.253. The van der Waals surface area contributed by atoms with Crippen molar-refractivity contribution in [3.63, 3.8) is 0 Å². The summed E-state index contributed by atoms with van der Waals surface area (Å²) in [5, 5.41) is 5.59. The number of ether oxygens (including phenoxy) is 3. The third-order valence-corrected chi connectivity index (χ3v) is 5.30. The van der Waals surface area contributed by atoms with Crippen molar-refractivity contribution in [1.82, 2.24) is 0 Å². The van der Waals surface area contributed by atoms with Crippen LogP contribution in [0, 0.1) is 0 Å². The number of carbonyl (C=O) groups excluding carboxylic acids is 1. The second kappa shape index (κ2) is 9.62. The van der Waals surface area contributed by atoms with Crippen LogP contribution in [0.4, 0.5) is 5.69 Å². The van der Waals surface area contributed by atoms with Gasteiger partial charge in [-0.2, -0.15) is 0 Å². The van der Waals surface area contributed by atoms with Crippen LogP contribution in [0.2, 0.25) is 5.02 Å². The molecule has 0 atom stereocenters. The van der Waals surface area contributed by atoms with Crippen LogP contribution in [0.1, 0.15) is 15.9 Å². The number of amides is 1. The Balaban J connectivity index is 1.54. The lowest BCUT2D eigenvalue weighted by Gasteiger charge is -2.14. The summed E-state index contributed by atoms with van der Waals surface area (Å²) in [6, 6.07) is 24.3. The topological polar surface area (TPSA) is 56.8 Å². The van der Waals surface area contributed by atoms with E-state index >= 15 is 0 Å². The van der Waals surface area contributed by atoms with Crippen molar-refractivity contribution in [1.29, 1.82) is 0 Å². The molecule has 0 unspecified atom stereocenters. The molecule has 0 spiro atoms. The Bertz CT molecular complexity index is 1270. The van der Waals surface area contributed by atoms with Crippen molar-refractivity contribution in [2.24, 2.45) is 0 Å². The van der Waals surface area contributed by atoms with Crippen molar-refractivity contribution >= 4 is 34.0 Å². The van der Waals surface area contributed by atoms with Crippen molar-refractivity contribution < 1.29 is 19.0 Å². The molecule has 162 valence electrons. The molecule has 0 bridgehead atoms. The van der Waals surface area contributed by atoms with Crippen LogP contribution in [0.15, 0.2) is 78.9 Å². The van der Waals surface area contributed by atoms with Crippen LogP contribution in [-0.4, -0.2) is 20.1 Å². The van der Waals surface area contributed by atoms with E-state index in [2.05, 4.69) is 11.4 Å². The van der Waals surface area contributed by atoms with E-state index in [-0.39, 0.29) is 12.5 Å². The van der Waals surface area contributed by atoms with Crippen LogP contribution < -0.4 is 19.5 Å². The minimum atomic E-state index is -0.292. The van der Waals surface area contributed by atoms with Gasteiger partial charge in [0.2, 0.25) is 0 Å². The second-order valence-corrected chi connectivity index (χ2v) is 7.56. The summed E-state index contributed by atoms with van der Waals surface area (Å²) < 4.78 is 16.8. The monoisotopic (exact) mass is 447 g/mol. The lowest BCUT2D eigenvalue weighted by molar-refractivity contribution is 0.102. The number of nitrogens with one attached hydrogen (secondary N) is 1. The maximum Gasteiger partial charge on any atom is 0.255 e. The summed E-state index contributed by atoms with van der Waals surface area (Å²) >= 11 is 6.06. The number of halogens is 1. The van der Waals surface area contributed by atoms with E-state index in [0.29, 0.717) is 27.8 Å². The molecule has 0 heterocycles. The first-order valence-corrected chi connectivity index (χ1v) is 10.4. The molecule has 4 rings (SSSR count). The first-order valence-electron chi connectivity index (χ1n) is 10.0. The maximum absolute atomic E-state index is 12.9. The van der Waals surface area contributed by atoms with Crippen LogP contribution in [0.3, 0.4) is 0 Å². The highest BCUT2D eigenvalue weighted by atomic mass is 35.5. The molecule has 5 nitrogen and oxygen atoms in total. The fourth-order valence-corrected chi connectivity index (χ4v) is 3.60. The predicted molar refractivity (Wildman–Crippen MR) is 127 cm³/mol. The molecule has 0 aliphatic rings. The molecule has 4 aromatic rings. The van der Waals surface area contributed by atoms with Crippen LogP contribution >= 0.6 is 11.6 Å². The van der Waals surface area contributed by atoms with Gasteiger partial charge in [0.15, 0.2) is 0 Å². The fourth-order valence-electron chi connectivity index (χ4n) is 3.42. The van der Waals surface area contributed by atoms with Gasteiger partial charge in [-0.3, -0.25) is 4.79 Å². The lowest BCUT2D eigenvalue weighted by Crippen LogP contribution is -2.13. The third-order valence-electron chi connectivity index (χ3n) is 5.07. The van der Waals surface area contributed by atoms with Gasteiger partial charge >= 0.3 is 0 Å². The Morgan fingerprint density at radius 3 is 2.38 bits per heavy atom. The fraction of sp³-hybridized carbons (Fsp3) is 0.115. The molecule has 6 heteroatoms. The molecule has 4 aromatic carbocycles. The Morgan fingerprint density at radius 1 is 0.844 bits per heavy atom. The average Bonchev–Trinajstić information content (AvgIpc) is 2.82. The number of anilines is 1. The Kier molecular flexibility index (Phi) is 6.47. The molecular formula is C26H22ClNO4. The molecule has 1 N–H and O–H groups in total. The van der Waals surface area contributed by atoms with Gasteiger partial charge in [0.25, 0.3) is 5.91 Å². The van der Waals surface area contributed by atoms with Crippen molar-refractivity contribution in [3.8, 4) is 17.2 Å². The summed E-state index contributed by atoms with van der Waals surface area (Å²) in [5.74, 6) is 1.61. The van der Waals surface area contributed by atoms with Gasteiger partial charge in [0.1, 0.15) is 23.9 Å². The lowest BCUT2D eigenvalue weighted by atomic mass is 10.1. The van der Waals surface area contributed by atoms with Gasteiger partial charge in [0.05, 0.1) is 19.9 Å². The predicted octanol–water partition coefficient (Wildman–Crippen LogP) is 6.34. The summed E-state index contributed by atoms with van der Waals surface area (Å²) in [6.07, 6.45) is 0. The van der Waals surface area contributed by atoms with E-state index in [1.54, 1.807) is 43.5 Å². The normalized spacial score (nSPS) is 10.6. The zero-order valence-corrected chi connectivity index (χ0v) is 18.5. The van der Waals surface area contributed by atoms with Gasteiger partial charge in [-0.25, -0.2) is 0 Å². The molecule has 1 amide bonds. The van der Waals surface area contributed by atoms with E-state index in [9.17, 15) is 4.79 Å². The van der Waals surface area contributed by atoms with Gasteiger partial charge in [-0.15, -0.1) is 0 Å². The molecule has 0 aliphatic carbocycles. The van der Waals surface area contributed by atoms with E-state index in [4.69, 9.17) is 25.8 Å². The van der Waals surface area contributed by atoms with E-state index in [1.807, 2.05) is 36.4 Å². The molecule has 0 aromatic heterocycles. The van der Waals surface area contributed by atoms with Crippen LogP contribution in [0.25, 0.3) is 10.8 Å². The van der Waals surface area contributed by atoms with Gasteiger partial charge in [-0.1, -0.05) is 41.9 Å². The van der Waals surface area contributed by atoms with E-state index in [1.165, 1.54) is 7.11 Å². The first kappa shape index (κ1) is 21.5. The van der Waals surface area contributed by atoms with Crippen molar-refractivity contribution in [2.45, 2.75) is 6.61 Å². The Hall–Kier alpha value is -3.70. The quantitative estimate of drug-likeness (QED) is 0.359. The van der Waals surface area contributed by atoms with Crippen LogP contribution in [-0.2, 0) is 6.61 Å². The minimum Gasteiger partial charge on any atom is -0.496 e. The number of benzene rings is 4. The molecular weight excluding hydrogens is 426 g/mol. The number of methoxy groups -OCH3 is 2. The van der Waals surface area contributed by atoms with Crippen LogP contribution in [0.5, 0.6) is 17.2 Å². The molecule has 0 saturated carbocycles. The Labute approximate surface area is 191 Å². The largest absolute Gasteiger partial charge is 0.496 e. The highest BCUT2D eigenvalue weighted by Crippen LogP contribution is 2.29. The first-order chi connectivity index (χ1) is 15.6. The molecule has 0 radical (unpaired) electrons. The summed E-state index contributed by atoms with van der Waals surface area (Å²) in [5.41, 5.74) is 1.71. The SMILES string of the molecule is COc1ccc(C(=O)Nc2cc(Cl)ccc2OC)cc1COc1ccc2ccccc2c1. The standard InChI is InChI=1S/C26H22ClNO4/c1-30-24-11-8-19(26(29)28-23-15-21(27)9-12-25(23)31-2)13-20(24)16-32-22-10-7-17-5-3-4-6-18(17)14-22/h3-15H,16H2,1-2H3,(H,28,29). The molecule has 0 saturated heterocycles. The number of rotatable bonds is 7. The number of hydrogen-bond donors (Lipinski definition) is 1.